The molecule has 2 rings (SSSR count). The number of methoxy groups -OCH3 is 2. The Morgan fingerprint density at radius 2 is 1.80 bits per heavy atom. The lowest BCUT2D eigenvalue weighted by Gasteiger charge is -2.13. The molecule has 0 saturated carbocycles. The minimum atomic E-state index is 0.371. The number of halogens is 1. The number of anilines is 1. The summed E-state index contributed by atoms with van der Waals surface area (Å²) in [6.45, 7) is 0.371. The number of benzene rings is 2. The van der Waals surface area contributed by atoms with Crippen LogP contribution in [0.25, 0.3) is 0 Å². The maximum Gasteiger partial charge on any atom is 0.133 e. The Kier molecular flexibility index (Phi) is 4.74. The van der Waals surface area contributed by atoms with Gasteiger partial charge in [-0.15, -0.1) is 0 Å². The molecule has 0 spiro atoms. The highest BCUT2D eigenvalue weighted by Crippen LogP contribution is 2.33. The molecule has 4 nitrogen and oxygen atoms in total. The number of hydrogen-bond donors (Lipinski definition) is 1. The van der Waals surface area contributed by atoms with Crippen molar-refractivity contribution < 1.29 is 14.2 Å². The van der Waals surface area contributed by atoms with Crippen LogP contribution in [-0.2, 0) is 6.61 Å². The first-order valence-corrected chi connectivity index (χ1v) is 6.82. The number of hydrogen-bond acceptors (Lipinski definition) is 4. The Morgan fingerprint density at radius 3 is 2.45 bits per heavy atom. The molecule has 0 radical (unpaired) electrons. The van der Waals surface area contributed by atoms with Crippen LogP contribution in [0.2, 0.25) is 0 Å². The maximum atomic E-state index is 5.72. The summed E-state index contributed by atoms with van der Waals surface area (Å²) in [7, 11) is 3.24. The summed E-state index contributed by atoms with van der Waals surface area (Å²) in [6.07, 6.45) is 0. The molecule has 106 valence electrons. The van der Waals surface area contributed by atoms with E-state index in [0.717, 1.165) is 21.5 Å². The molecule has 0 aliphatic heterocycles. The van der Waals surface area contributed by atoms with E-state index in [4.69, 9.17) is 19.9 Å². The number of nitrogen functional groups attached to an aromatic ring is 1. The summed E-state index contributed by atoms with van der Waals surface area (Å²) in [6, 6.07) is 11.0. The minimum absolute atomic E-state index is 0.371. The van der Waals surface area contributed by atoms with Crippen LogP contribution in [0, 0.1) is 0 Å². The Bertz CT molecular complexity index is 602. The smallest absolute Gasteiger partial charge is 0.133 e. The molecule has 0 aliphatic rings. The fraction of sp³-hybridized carbons (Fsp3) is 0.200. The lowest BCUT2D eigenvalue weighted by Crippen LogP contribution is -2.00. The first-order chi connectivity index (χ1) is 9.63. The first kappa shape index (κ1) is 14.5. The van der Waals surface area contributed by atoms with E-state index in [2.05, 4.69) is 15.9 Å². The van der Waals surface area contributed by atoms with Crippen LogP contribution >= 0.6 is 15.9 Å². The molecule has 0 unspecified atom stereocenters. The van der Waals surface area contributed by atoms with E-state index in [0.29, 0.717) is 18.0 Å². The van der Waals surface area contributed by atoms with Gasteiger partial charge in [-0.2, -0.15) is 0 Å². The molecule has 0 amide bonds. The standard InChI is InChI=1S/C15H16BrNO3/c1-18-14-8-13(16)15(19-2)6-10(14)9-20-12-5-3-4-11(17)7-12/h3-8H,9,17H2,1-2H3. The molecule has 0 aliphatic carbocycles. The molecule has 0 heterocycles. The molecule has 0 fully saturated rings. The highest BCUT2D eigenvalue weighted by molar-refractivity contribution is 9.10. The van der Waals surface area contributed by atoms with Crippen LogP contribution in [0.1, 0.15) is 5.56 Å². The zero-order valence-electron chi connectivity index (χ0n) is 11.4. The second-order valence-corrected chi connectivity index (χ2v) is 5.01. The Hall–Kier alpha value is -1.88. The quantitative estimate of drug-likeness (QED) is 0.846. The van der Waals surface area contributed by atoms with Crippen LogP contribution in [0.3, 0.4) is 0 Å². The highest BCUT2D eigenvalue weighted by Gasteiger charge is 2.10. The fourth-order valence-corrected chi connectivity index (χ4v) is 2.29. The van der Waals surface area contributed by atoms with Gasteiger partial charge in [0.2, 0.25) is 0 Å². The normalized spacial score (nSPS) is 10.2. The SMILES string of the molecule is COc1cc(COc2cccc(N)c2)c(OC)cc1Br. The largest absolute Gasteiger partial charge is 0.496 e. The predicted octanol–water partition coefficient (Wildman–Crippen LogP) is 3.63. The van der Waals surface area contributed by atoms with E-state index in [1.54, 1.807) is 20.3 Å². The number of ether oxygens (including phenoxy) is 3. The van der Waals surface area contributed by atoms with Crippen molar-refractivity contribution in [3.05, 3.63) is 46.4 Å². The predicted molar refractivity (Wildman–Crippen MR) is 82.4 cm³/mol. The molecule has 0 aromatic heterocycles. The summed E-state index contributed by atoms with van der Waals surface area (Å²) in [5, 5.41) is 0. The van der Waals surface area contributed by atoms with Crippen molar-refractivity contribution in [2.24, 2.45) is 0 Å². The number of rotatable bonds is 5. The van der Waals surface area contributed by atoms with Gasteiger partial charge in [-0.05, 0) is 40.2 Å². The third-order valence-corrected chi connectivity index (χ3v) is 3.43. The Balaban J connectivity index is 2.20. The Labute approximate surface area is 126 Å². The van der Waals surface area contributed by atoms with Gasteiger partial charge in [0, 0.05) is 17.3 Å². The van der Waals surface area contributed by atoms with Crippen molar-refractivity contribution >= 4 is 21.6 Å². The monoisotopic (exact) mass is 337 g/mol. The first-order valence-electron chi connectivity index (χ1n) is 6.02. The molecule has 2 aromatic rings. The van der Waals surface area contributed by atoms with Crippen LogP contribution in [0.15, 0.2) is 40.9 Å². The topological polar surface area (TPSA) is 53.7 Å². The van der Waals surface area contributed by atoms with Crippen molar-refractivity contribution in [2.45, 2.75) is 6.61 Å². The molecule has 0 saturated heterocycles. The average molecular weight is 338 g/mol. The second kappa shape index (κ2) is 6.52. The van der Waals surface area contributed by atoms with Crippen LogP contribution in [0.4, 0.5) is 5.69 Å². The van der Waals surface area contributed by atoms with Crippen LogP contribution < -0.4 is 19.9 Å². The van der Waals surface area contributed by atoms with Gasteiger partial charge >= 0.3 is 0 Å². The summed E-state index contributed by atoms with van der Waals surface area (Å²) >= 11 is 3.43. The minimum Gasteiger partial charge on any atom is -0.496 e. The maximum absolute atomic E-state index is 5.72. The number of nitrogens with two attached hydrogens (primary N) is 1. The van der Waals surface area contributed by atoms with E-state index in [9.17, 15) is 0 Å². The van der Waals surface area contributed by atoms with Gasteiger partial charge in [0.25, 0.3) is 0 Å². The van der Waals surface area contributed by atoms with Gasteiger partial charge < -0.3 is 19.9 Å². The van der Waals surface area contributed by atoms with Crippen LogP contribution in [-0.4, -0.2) is 14.2 Å². The Morgan fingerprint density at radius 1 is 1.05 bits per heavy atom. The summed E-state index contributed by atoms with van der Waals surface area (Å²) in [5.74, 6) is 2.19. The lowest BCUT2D eigenvalue weighted by atomic mass is 10.2. The molecule has 0 atom stereocenters. The van der Waals surface area contributed by atoms with E-state index in [1.807, 2.05) is 30.3 Å². The fourth-order valence-electron chi connectivity index (χ4n) is 1.80. The lowest BCUT2D eigenvalue weighted by molar-refractivity contribution is 0.295. The van der Waals surface area contributed by atoms with Crippen molar-refractivity contribution in [1.82, 2.24) is 0 Å². The van der Waals surface area contributed by atoms with Crippen molar-refractivity contribution in [3.63, 3.8) is 0 Å². The molecular weight excluding hydrogens is 322 g/mol. The second-order valence-electron chi connectivity index (χ2n) is 4.16. The van der Waals surface area contributed by atoms with E-state index < -0.39 is 0 Å². The van der Waals surface area contributed by atoms with E-state index in [-0.39, 0.29) is 0 Å². The third kappa shape index (κ3) is 3.36. The summed E-state index contributed by atoms with van der Waals surface area (Å²) in [5.41, 5.74) is 7.29. The summed E-state index contributed by atoms with van der Waals surface area (Å²) < 4.78 is 17.2. The molecule has 20 heavy (non-hydrogen) atoms. The molecule has 2 N–H and O–H groups in total. The highest BCUT2D eigenvalue weighted by atomic mass is 79.9. The zero-order valence-corrected chi connectivity index (χ0v) is 12.9. The van der Waals surface area contributed by atoms with Crippen molar-refractivity contribution in [3.8, 4) is 17.2 Å². The van der Waals surface area contributed by atoms with Gasteiger partial charge in [-0.3, -0.25) is 0 Å². The van der Waals surface area contributed by atoms with Crippen molar-refractivity contribution in [2.75, 3.05) is 20.0 Å². The van der Waals surface area contributed by atoms with Crippen LogP contribution in [0.5, 0.6) is 17.2 Å². The van der Waals surface area contributed by atoms with E-state index in [1.165, 1.54) is 0 Å². The van der Waals surface area contributed by atoms with Gasteiger partial charge in [-0.25, -0.2) is 0 Å². The average Bonchev–Trinajstić information content (AvgIpc) is 2.45. The van der Waals surface area contributed by atoms with Gasteiger partial charge in [0.15, 0.2) is 0 Å². The molecule has 5 heteroatoms. The molecular formula is C15H16BrNO3. The van der Waals surface area contributed by atoms with Crippen molar-refractivity contribution in [1.29, 1.82) is 0 Å². The van der Waals surface area contributed by atoms with Gasteiger partial charge in [0.05, 0.1) is 18.7 Å². The molecule has 2 aromatic carbocycles. The van der Waals surface area contributed by atoms with Gasteiger partial charge in [-0.1, -0.05) is 6.07 Å². The third-order valence-electron chi connectivity index (χ3n) is 2.81. The zero-order chi connectivity index (χ0) is 14.5. The van der Waals surface area contributed by atoms with E-state index >= 15 is 0 Å². The molecule has 0 bridgehead atoms. The van der Waals surface area contributed by atoms with Gasteiger partial charge in [0.1, 0.15) is 23.9 Å². The summed E-state index contributed by atoms with van der Waals surface area (Å²) in [4.78, 5) is 0.